The van der Waals surface area contributed by atoms with Gasteiger partial charge >= 0.3 is 5.69 Å². The normalized spacial score (nSPS) is 18.5. The number of ether oxygens (including phenoxy) is 4. The summed E-state index contributed by atoms with van der Waals surface area (Å²) < 4.78 is 33.7. The van der Waals surface area contributed by atoms with E-state index in [1.165, 1.54) is 10.8 Å². The molecule has 51 heavy (non-hydrogen) atoms. The van der Waals surface area contributed by atoms with Crippen LogP contribution in [0, 0.1) is 6.92 Å². The highest BCUT2D eigenvalue weighted by molar-refractivity contribution is 6.74. The summed E-state index contributed by atoms with van der Waals surface area (Å²) in [7, 11) is 0.788. The highest BCUT2D eigenvalue weighted by Gasteiger charge is 2.50. The number of nitrogens with one attached hydrogen (secondary N) is 1. The molecule has 270 valence electrons. The van der Waals surface area contributed by atoms with Crippen molar-refractivity contribution in [2.45, 2.75) is 82.4 Å². The number of azide groups is 1. The molecule has 2 heterocycles. The molecule has 1 aromatic heterocycles. The van der Waals surface area contributed by atoms with Crippen molar-refractivity contribution >= 4 is 8.32 Å². The first kappa shape index (κ1) is 37.6. The van der Waals surface area contributed by atoms with Crippen LogP contribution in [-0.4, -0.2) is 56.9 Å². The first-order chi connectivity index (χ1) is 24.2. The van der Waals surface area contributed by atoms with Crippen LogP contribution < -0.4 is 20.7 Å². The molecule has 0 saturated carbocycles. The number of nitrogens with zero attached hydrogens (tertiary/aromatic N) is 4. The maximum atomic E-state index is 13.1. The zero-order chi connectivity index (χ0) is 37.0. The van der Waals surface area contributed by atoms with Gasteiger partial charge in [-0.15, -0.1) is 0 Å². The van der Waals surface area contributed by atoms with Crippen molar-refractivity contribution in [3.05, 3.63) is 139 Å². The van der Waals surface area contributed by atoms with Crippen molar-refractivity contribution in [1.29, 1.82) is 0 Å². The van der Waals surface area contributed by atoms with Gasteiger partial charge in [-0.05, 0) is 71.5 Å². The Morgan fingerprint density at radius 3 is 2.00 bits per heavy atom. The predicted octanol–water partition coefficient (Wildman–Crippen LogP) is 7.23. The molecule has 4 atom stereocenters. The molecule has 3 aromatic carbocycles. The Morgan fingerprint density at radius 1 is 0.941 bits per heavy atom. The number of hydrogen-bond donors (Lipinski definition) is 1. The number of rotatable bonds is 13. The van der Waals surface area contributed by atoms with Gasteiger partial charge in [0.15, 0.2) is 8.32 Å². The Bertz CT molecular complexity index is 1900. The summed E-state index contributed by atoms with van der Waals surface area (Å²) in [5.74, 6) is 1.35. The monoisotopic (exact) mass is 713 g/mol. The first-order valence-electron chi connectivity index (χ1n) is 16.9. The SMILES string of the molecule is COc1ccc(C(O[C@@H](CN=[N+]=[N-])[C@H]2O[C@@H](n3cc(C)c(=O)[nH]c3=O)C[C@@H]2O[Si](C)(C)C(C)(C)C)(c2ccccc2)c2ccc(OC)cc2)cc1. The van der Waals surface area contributed by atoms with Gasteiger partial charge in [0, 0.05) is 23.1 Å². The molecule has 4 aromatic rings. The molecular weight excluding hydrogens is 667 g/mol. The van der Waals surface area contributed by atoms with Crippen molar-refractivity contribution in [2.75, 3.05) is 20.8 Å². The Morgan fingerprint density at radius 2 is 1.49 bits per heavy atom. The van der Waals surface area contributed by atoms with Crippen molar-refractivity contribution in [1.82, 2.24) is 9.55 Å². The average molecular weight is 714 g/mol. The number of aromatic amines is 1. The lowest BCUT2D eigenvalue weighted by Crippen LogP contribution is -2.51. The number of aryl methyl sites for hydroxylation is 1. The topological polar surface area (TPSA) is 150 Å². The standard InChI is InChI=1S/C38H47N5O7Si/c1-25-24-43(36(45)41-35(25)44)33-22-31(50-51(7,8)37(2,3)4)34(48-33)32(23-40-42-39)49-38(26-12-10-9-11-13-26,27-14-18-29(46-5)19-15-27)28-16-20-30(47-6)21-17-28/h9-21,24,31-34H,22-23H2,1-8H3,(H,41,44,45)/t31-,32-,33+,34-/m0/s1. The van der Waals surface area contributed by atoms with Gasteiger partial charge in [-0.25, -0.2) is 4.79 Å². The van der Waals surface area contributed by atoms with Gasteiger partial charge in [0.05, 0.1) is 33.0 Å². The van der Waals surface area contributed by atoms with Gasteiger partial charge in [-0.2, -0.15) is 0 Å². The lowest BCUT2D eigenvalue weighted by Gasteiger charge is -2.43. The van der Waals surface area contributed by atoms with Crippen LogP contribution >= 0.6 is 0 Å². The summed E-state index contributed by atoms with van der Waals surface area (Å²) in [5.41, 5.74) is 10.1. The summed E-state index contributed by atoms with van der Waals surface area (Å²) in [6.07, 6.45) is -1.24. The predicted molar refractivity (Wildman–Crippen MR) is 198 cm³/mol. The first-order valence-corrected chi connectivity index (χ1v) is 19.8. The Labute approximate surface area is 299 Å². The summed E-state index contributed by atoms with van der Waals surface area (Å²) >= 11 is 0. The van der Waals surface area contributed by atoms with E-state index in [1.807, 2.05) is 78.9 Å². The third-order valence-electron chi connectivity index (χ3n) is 10.0. The molecule has 0 spiro atoms. The molecule has 12 nitrogen and oxygen atoms in total. The maximum Gasteiger partial charge on any atom is 0.330 e. The Hall–Kier alpha value is -4.65. The van der Waals surface area contributed by atoms with Crippen LogP contribution in [-0.2, 0) is 19.5 Å². The van der Waals surface area contributed by atoms with Gasteiger partial charge < -0.3 is 23.4 Å². The van der Waals surface area contributed by atoms with Crippen LogP contribution in [0.1, 0.15) is 55.7 Å². The van der Waals surface area contributed by atoms with E-state index in [0.717, 1.165) is 16.7 Å². The third-order valence-corrected chi connectivity index (χ3v) is 14.5. The Balaban J connectivity index is 1.72. The quantitative estimate of drug-likeness (QED) is 0.0505. The molecular formula is C38H47N5O7Si. The minimum absolute atomic E-state index is 0.105. The van der Waals surface area contributed by atoms with E-state index in [2.05, 4.69) is 48.9 Å². The van der Waals surface area contributed by atoms with Gasteiger partial charge in [0.1, 0.15) is 29.4 Å². The molecule has 0 unspecified atom stereocenters. The fourth-order valence-corrected chi connectivity index (χ4v) is 7.56. The number of H-pyrrole nitrogens is 1. The van der Waals surface area contributed by atoms with Crippen molar-refractivity contribution in [3.63, 3.8) is 0 Å². The fraction of sp³-hybridized carbons (Fsp3) is 0.421. The number of methoxy groups -OCH3 is 2. The van der Waals surface area contributed by atoms with Gasteiger partial charge in [0.25, 0.3) is 5.56 Å². The van der Waals surface area contributed by atoms with E-state index in [9.17, 15) is 15.1 Å². The summed E-state index contributed by atoms with van der Waals surface area (Å²) in [4.78, 5) is 30.9. The van der Waals surface area contributed by atoms with Crippen LogP contribution in [0.3, 0.4) is 0 Å². The number of benzene rings is 3. The Kier molecular flexibility index (Phi) is 11.3. The minimum Gasteiger partial charge on any atom is -0.497 e. The van der Waals surface area contributed by atoms with Gasteiger partial charge in [-0.1, -0.05) is 80.5 Å². The minimum atomic E-state index is -2.44. The molecule has 1 N–H and O–H groups in total. The van der Waals surface area contributed by atoms with Gasteiger partial charge in [-0.3, -0.25) is 14.3 Å². The molecule has 1 aliphatic rings. The second-order valence-electron chi connectivity index (χ2n) is 14.3. The molecule has 1 saturated heterocycles. The molecule has 13 heteroatoms. The van der Waals surface area contributed by atoms with Gasteiger partial charge in [0.2, 0.25) is 0 Å². The van der Waals surface area contributed by atoms with Crippen molar-refractivity contribution in [2.24, 2.45) is 5.11 Å². The van der Waals surface area contributed by atoms with E-state index in [1.54, 1.807) is 21.1 Å². The van der Waals surface area contributed by atoms with Crippen LogP contribution in [0.25, 0.3) is 10.4 Å². The zero-order valence-corrected chi connectivity index (χ0v) is 31.5. The van der Waals surface area contributed by atoms with E-state index in [4.69, 9.17) is 23.4 Å². The fourth-order valence-electron chi connectivity index (χ4n) is 6.21. The number of aromatic nitrogens is 2. The lowest BCUT2D eigenvalue weighted by atomic mass is 9.79. The molecule has 1 fully saturated rings. The van der Waals surface area contributed by atoms with E-state index < -0.39 is 49.7 Å². The zero-order valence-electron chi connectivity index (χ0n) is 30.5. The average Bonchev–Trinajstić information content (AvgIpc) is 3.52. The lowest BCUT2D eigenvalue weighted by molar-refractivity contribution is -0.139. The van der Waals surface area contributed by atoms with Crippen LogP contribution in [0.2, 0.25) is 18.1 Å². The smallest absolute Gasteiger partial charge is 0.330 e. The third kappa shape index (κ3) is 7.83. The molecule has 0 amide bonds. The van der Waals surface area contributed by atoms with E-state index >= 15 is 0 Å². The van der Waals surface area contributed by atoms with Crippen LogP contribution in [0.5, 0.6) is 11.5 Å². The largest absolute Gasteiger partial charge is 0.497 e. The van der Waals surface area contributed by atoms with E-state index in [0.29, 0.717) is 23.5 Å². The summed E-state index contributed by atoms with van der Waals surface area (Å²) in [6.45, 7) is 12.3. The van der Waals surface area contributed by atoms with Crippen molar-refractivity contribution < 1.29 is 23.4 Å². The number of hydrogen-bond acceptors (Lipinski definition) is 8. The van der Waals surface area contributed by atoms with Crippen molar-refractivity contribution in [3.8, 4) is 11.5 Å². The second kappa shape index (κ2) is 15.3. The second-order valence-corrected chi connectivity index (χ2v) is 19.0. The molecule has 5 rings (SSSR count). The summed E-state index contributed by atoms with van der Waals surface area (Å²) in [6, 6.07) is 25.1. The molecule has 0 aliphatic carbocycles. The summed E-state index contributed by atoms with van der Waals surface area (Å²) in [5, 5.41) is 3.88. The van der Waals surface area contributed by atoms with E-state index in [-0.39, 0.29) is 11.6 Å². The van der Waals surface area contributed by atoms with Crippen LogP contribution in [0.15, 0.2) is 99.8 Å². The highest BCUT2D eigenvalue weighted by Crippen LogP contribution is 2.46. The highest BCUT2D eigenvalue weighted by atomic mass is 28.4. The molecule has 0 bridgehead atoms. The maximum absolute atomic E-state index is 13.1. The van der Waals surface area contributed by atoms with Crippen LogP contribution in [0.4, 0.5) is 0 Å². The molecule has 0 radical (unpaired) electrons. The molecule has 1 aliphatic heterocycles.